The first-order valence-electron chi connectivity index (χ1n) is 4.30. The Morgan fingerprint density at radius 2 is 1.93 bits per heavy atom. The Labute approximate surface area is 87.1 Å². The minimum Gasteiger partial charge on any atom is -0.467 e. The first-order chi connectivity index (χ1) is 6.88. The van der Waals surface area contributed by atoms with E-state index in [1.54, 1.807) is 0 Å². The Bertz CT molecular complexity index is 267. The summed E-state index contributed by atoms with van der Waals surface area (Å²) in [5.74, 6) is -1.88. The predicted molar refractivity (Wildman–Crippen MR) is 51.4 cm³/mol. The van der Waals surface area contributed by atoms with Crippen LogP contribution in [0.15, 0.2) is 0 Å². The molecule has 15 heavy (non-hydrogen) atoms. The minimum absolute atomic E-state index is 0.264. The molecule has 0 saturated heterocycles. The number of nitrogens with two attached hydrogens (primary N) is 2. The summed E-state index contributed by atoms with van der Waals surface area (Å²) in [7, 11) is 1.20. The van der Waals surface area contributed by atoms with E-state index in [1.807, 2.05) is 0 Å². The van der Waals surface area contributed by atoms with Crippen LogP contribution < -0.4 is 16.8 Å². The average Bonchev–Trinajstić information content (AvgIpc) is 2.15. The molecule has 0 radical (unpaired) electrons. The molecule has 2 atom stereocenters. The molecule has 0 saturated carbocycles. The average molecular weight is 217 g/mol. The lowest BCUT2D eigenvalue weighted by Crippen LogP contribution is -2.48. The van der Waals surface area contributed by atoms with Gasteiger partial charge in [-0.1, -0.05) is 0 Å². The van der Waals surface area contributed by atoms with Gasteiger partial charge in [0.05, 0.1) is 19.6 Å². The van der Waals surface area contributed by atoms with E-state index < -0.39 is 29.9 Å². The summed E-state index contributed by atoms with van der Waals surface area (Å²) in [5, 5.41) is 2.29. The summed E-state index contributed by atoms with van der Waals surface area (Å²) < 4.78 is 4.39. The molecule has 0 fully saturated rings. The summed E-state index contributed by atoms with van der Waals surface area (Å²) in [5.41, 5.74) is 10.2. The number of rotatable bonds is 5. The highest BCUT2D eigenvalue weighted by Gasteiger charge is 2.21. The minimum atomic E-state index is -1.05. The van der Waals surface area contributed by atoms with E-state index in [2.05, 4.69) is 10.1 Å². The lowest BCUT2D eigenvalue weighted by Gasteiger charge is -2.14. The van der Waals surface area contributed by atoms with Gasteiger partial charge in [0.25, 0.3) is 0 Å². The fourth-order valence-electron chi connectivity index (χ4n) is 0.866. The smallest absolute Gasteiger partial charge is 0.328 e. The van der Waals surface area contributed by atoms with Gasteiger partial charge in [-0.2, -0.15) is 0 Å². The van der Waals surface area contributed by atoms with Crippen LogP contribution in [-0.4, -0.2) is 37.0 Å². The molecular formula is C8H15N3O4. The molecule has 2 unspecified atom stereocenters. The topological polar surface area (TPSA) is 125 Å². The van der Waals surface area contributed by atoms with E-state index in [-0.39, 0.29) is 6.42 Å². The molecule has 2 amide bonds. The van der Waals surface area contributed by atoms with Crippen molar-refractivity contribution in [2.24, 2.45) is 11.5 Å². The van der Waals surface area contributed by atoms with E-state index in [9.17, 15) is 14.4 Å². The Morgan fingerprint density at radius 3 is 2.33 bits per heavy atom. The van der Waals surface area contributed by atoms with Crippen molar-refractivity contribution in [2.45, 2.75) is 25.4 Å². The second-order valence-electron chi connectivity index (χ2n) is 3.03. The van der Waals surface area contributed by atoms with E-state index in [1.165, 1.54) is 14.0 Å². The van der Waals surface area contributed by atoms with Crippen molar-refractivity contribution < 1.29 is 19.1 Å². The molecule has 0 rings (SSSR count). The first kappa shape index (κ1) is 13.4. The van der Waals surface area contributed by atoms with Crippen LogP contribution in [0.5, 0.6) is 0 Å². The monoisotopic (exact) mass is 217 g/mol. The van der Waals surface area contributed by atoms with Gasteiger partial charge in [-0.3, -0.25) is 9.59 Å². The van der Waals surface area contributed by atoms with Crippen LogP contribution in [0.25, 0.3) is 0 Å². The first-order valence-corrected chi connectivity index (χ1v) is 4.30. The molecule has 0 aromatic rings. The van der Waals surface area contributed by atoms with Gasteiger partial charge >= 0.3 is 5.97 Å². The molecule has 0 aromatic carbocycles. The molecule has 0 aliphatic carbocycles. The van der Waals surface area contributed by atoms with E-state index >= 15 is 0 Å². The number of hydrogen-bond acceptors (Lipinski definition) is 5. The van der Waals surface area contributed by atoms with Crippen LogP contribution in [0.4, 0.5) is 0 Å². The van der Waals surface area contributed by atoms with Crippen molar-refractivity contribution in [3.63, 3.8) is 0 Å². The molecule has 5 N–H and O–H groups in total. The lowest BCUT2D eigenvalue weighted by atomic mass is 10.2. The van der Waals surface area contributed by atoms with Crippen molar-refractivity contribution in [1.29, 1.82) is 0 Å². The normalized spacial score (nSPS) is 13.8. The Morgan fingerprint density at radius 1 is 1.40 bits per heavy atom. The van der Waals surface area contributed by atoms with Crippen LogP contribution in [0.2, 0.25) is 0 Å². The number of nitrogens with one attached hydrogen (secondary N) is 1. The van der Waals surface area contributed by atoms with Gasteiger partial charge in [-0.25, -0.2) is 4.79 Å². The number of carbonyl (C=O) groups excluding carboxylic acids is 3. The van der Waals surface area contributed by atoms with Crippen LogP contribution in [0.3, 0.4) is 0 Å². The number of methoxy groups -OCH3 is 1. The third-order valence-electron chi connectivity index (χ3n) is 1.67. The van der Waals surface area contributed by atoms with Gasteiger partial charge in [-0.05, 0) is 6.92 Å². The van der Waals surface area contributed by atoms with Gasteiger partial charge in [-0.15, -0.1) is 0 Å². The second kappa shape index (κ2) is 5.97. The zero-order valence-corrected chi connectivity index (χ0v) is 8.65. The highest BCUT2D eigenvalue weighted by atomic mass is 16.5. The van der Waals surface area contributed by atoms with Crippen LogP contribution in [0.1, 0.15) is 13.3 Å². The van der Waals surface area contributed by atoms with Crippen molar-refractivity contribution >= 4 is 17.8 Å². The molecular weight excluding hydrogens is 202 g/mol. The van der Waals surface area contributed by atoms with Crippen molar-refractivity contribution in [3.05, 3.63) is 0 Å². The number of hydrogen-bond donors (Lipinski definition) is 3. The Balaban J connectivity index is 4.12. The van der Waals surface area contributed by atoms with E-state index in [0.717, 1.165) is 0 Å². The van der Waals surface area contributed by atoms with Crippen LogP contribution >= 0.6 is 0 Å². The molecule has 0 aliphatic rings. The lowest BCUT2D eigenvalue weighted by molar-refractivity contribution is -0.144. The molecule has 0 bridgehead atoms. The zero-order valence-electron chi connectivity index (χ0n) is 8.65. The Kier molecular flexibility index (Phi) is 5.32. The second-order valence-corrected chi connectivity index (χ2v) is 3.03. The SMILES string of the molecule is COC(=O)C(C)NC(=O)C(N)CC(N)=O. The van der Waals surface area contributed by atoms with Gasteiger partial charge in [0, 0.05) is 0 Å². The number of primary amides is 1. The number of carbonyl (C=O) groups is 3. The van der Waals surface area contributed by atoms with E-state index in [4.69, 9.17) is 11.5 Å². The van der Waals surface area contributed by atoms with Crippen LogP contribution in [0, 0.1) is 0 Å². The zero-order chi connectivity index (χ0) is 12.0. The maximum Gasteiger partial charge on any atom is 0.328 e. The summed E-state index contributed by atoms with van der Waals surface area (Å²) in [4.78, 5) is 32.6. The largest absolute Gasteiger partial charge is 0.467 e. The molecule has 0 spiro atoms. The number of ether oxygens (including phenoxy) is 1. The predicted octanol–water partition coefficient (Wildman–Crippen LogP) is -2.13. The van der Waals surface area contributed by atoms with Crippen LogP contribution in [-0.2, 0) is 19.1 Å². The maximum absolute atomic E-state index is 11.3. The third kappa shape index (κ3) is 4.96. The highest BCUT2D eigenvalue weighted by molar-refractivity contribution is 5.90. The summed E-state index contributed by atoms with van der Waals surface area (Å²) >= 11 is 0. The fourth-order valence-corrected chi connectivity index (χ4v) is 0.866. The Hall–Kier alpha value is -1.63. The maximum atomic E-state index is 11.3. The van der Waals surface area contributed by atoms with Crippen molar-refractivity contribution in [2.75, 3.05) is 7.11 Å². The summed E-state index contributed by atoms with van der Waals surface area (Å²) in [6.45, 7) is 1.45. The molecule has 0 aromatic heterocycles. The van der Waals surface area contributed by atoms with Gasteiger partial charge < -0.3 is 21.5 Å². The van der Waals surface area contributed by atoms with Gasteiger partial charge in [0.1, 0.15) is 6.04 Å². The van der Waals surface area contributed by atoms with Gasteiger partial charge in [0.2, 0.25) is 11.8 Å². The van der Waals surface area contributed by atoms with Gasteiger partial charge in [0.15, 0.2) is 0 Å². The van der Waals surface area contributed by atoms with Crippen molar-refractivity contribution in [1.82, 2.24) is 5.32 Å². The fraction of sp³-hybridized carbons (Fsp3) is 0.625. The summed E-state index contributed by atoms with van der Waals surface area (Å²) in [6, 6.07) is -1.85. The molecule has 0 aliphatic heterocycles. The number of esters is 1. The van der Waals surface area contributed by atoms with E-state index in [0.29, 0.717) is 0 Å². The quantitative estimate of drug-likeness (QED) is 0.453. The van der Waals surface area contributed by atoms with Crippen molar-refractivity contribution in [3.8, 4) is 0 Å². The highest BCUT2D eigenvalue weighted by Crippen LogP contribution is 1.91. The standard InChI is InChI=1S/C8H15N3O4/c1-4(8(14)15-2)11-7(13)5(9)3-6(10)12/h4-5H,3,9H2,1-2H3,(H2,10,12)(H,11,13). The third-order valence-corrected chi connectivity index (χ3v) is 1.67. The molecule has 0 heterocycles. The molecule has 86 valence electrons. The number of amides is 2. The molecule has 7 nitrogen and oxygen atoms in total. The molecule has 7 heteroatoms. The summed E-state index contributed by atoms with van der Waals surface area (Å²) in [6.07, 6.45) is -0.264.